The third-order valence-corrected chi connectivity index (χ3v) is 2.85. The first kappa shape index (κ1) is 11.5. The molecule has 2 nitrogen and oxygen atoms in total. The van der Waals surface area contributed by atoms with E-state index in [0.717, 1.165) is 5.39 Å². The Morgan fingerprint density at radius 1 is 1.11 bits per heavy atom. The second-order valence-electron chi connectivity index (χ2n) is 3.70. The van der Waals surface area contributed by atoms with E-state index in [1.165, 1.54) is 0 Å². The molecule has 0 atom stereocenters. The predicted molar refractivity (Wildman–Crippen MR) is 71.6 cm³/mol. The predicted octanol–water partition coefficient (Wildman–Crippen LogP) is 5.33. The molecule has 0 spiro atoms. The van der Waals surface area contributed by atoms with Gasteiger partial charge in [-0.25, -0.2) is 0 Å². The fourth-order valence-electron chi connectivity index (χ4n) is 1.69. The molecule has 0 bridgehead atoms. The molecular formula is C14H7Cl2O2. The maximum Gasteiger partial charge on any atom is 0.194 e. The maximum absolute atomic E-state index is 5.85. The van der Waals surface area contributed by atoms with Gasteiger partial charge < -0.3 is 9.15 Å². The topological polar surface area (TPSA) is 22.4 Å². The lowest BCUT2D eigenvalue weighted by Crippen LogP contribution is -1.84. The Morgan fingerprint density at radius 3 is 2.83 bits per heavy atom. The van der Waals surface area contributed by atoms with Crippen molar-refractivity contribution in [2.75, 3.05) is 0 Å². The van der Waals surface area contributed by atoms with Gasteiger partial charge in [0.2, 0.25) is 0 Å². The lowest BCUT2D eigenvalue weighted by molar-refractivity contribution is 0.473. The first-order valence-electron chi connectivity index (χ1n) is 5.25. The van der Waals surface area contributed by atoms with Gasteiger partial charge in [-0.2, -0.15) is 0 Å². The number of furan rings is 1. The fraction of sp³-hybridized carbons (Fsp3) is 0. The lowest BCUT2D eigenvalue weighted by atomic mass is 10.2. The highest BCUT2D eigenvalue weighted by Crippen LogP contribution is 2.34. The average Bonchev–Trinajstić information content (AvgIpc) is 2.71. The first-order valence-corrected chi connectivity index (χ1v) is 6.01. The molecule has 0 saturated carbocycles. The summed E-state index contributed by atoms with van der Waals surface area (Å²) in [5.41, 5.74) is 0.617. The number of para-hydroxylation sites is 1. The minimum Gasteiger partial charge on any atom is -0.453 e. The molecule has 2 aromatic carbocycles. The standard InChI is InChI=1S/C14H7Cl2O2/c15-10-4-2-5-11(8-10)17-12-6-1-3-9-7-13(16)18-14(9)12/h1-3,5-8H. The van der Waals surface area contributed by atoms with Crippen molar-refractivity contribution in [3.63, 3.8) is 0 Å². The van der Waals surface area contributed by atoms with E-state index in [0.29, 0.717) is 27.3 Å². The Morgan fingerprint density at radius 2 is 2.00 bits per heavy atom. The molecule has 0 fully saturated rings. The molecule has 1 aromatic heterocycles. The summed E-state index contributed by atoms with van der Waals surface area (Å²) in [4.78, 5) is 0. The van der Waals surface area contributed by atoms with Gasteiger partial charge >= 0.3 is 0 Å². The summed E-state index contributed by atoms with van der Waals surface area (Å²) >= 11 is 11.7. The van der Waals surface area contributed by atoms with Crippen molar-refractivity contribution >= 4 is 34.2 Å². The Balaban J connectivity index is 2.04. The molecule has 3 aromatic rings. The van der Waals surface area contributed by atoms with Crippen molar-refractivity contribution < 1.29 is 9.15 Å². The maximum atomic E-state index is 5.85. The number of benzene rings is 2. The Bertz CT molecular complexity index is 704. The van der Waals surface area contributed by atoms with Crippen LogP contribution in [0.4, 0.5) is 0 Å². The molecule has 0 N–H and O–H groups in total. The van der Waals surface area contributed by atoms with Crippen LogP contribution in [0, 0.1) is 6.07 Å². The van der Waals surface area contributed by atoms with Gasteiger partial charge in [-0.1, -0.05) is 23.7 Å². The fourth-order valence-corrected chi connectivity index (χ4v) is 2.06. The quantitative estimate of drug-likeness (QED) is 0.632. The van der Waals surface area contributed by atoms with Crippen LogP contribution < -0.4 is 4.74 Å². The Labute approximate surface area is 114 Å². The zero-order chi connectivity index (χ0) is 12.5. The van der Waals surface area contributed by atoms with Crippen molar-refractivity contribution in [2.45, 2.75) is 0 Å². The number of ether oxygens (including phenoxy) is 1. The smallest absolute Gasteiger partial charge is 0.194 e. The normalized spacial score (nSPS) is 10.8. The molecule has 0 saturated heterocycles. The minimum absolute atomic E-state index is 0.334. The summed E-state index contributed by atoms with van der Waals surface area (Å²) in [5.74, 6) is 1.22. The van der Waals surface area contributed by atoms with E-state index < -0.39 is 0 Å². The molecule has 3 rings (SSSR count). The third kappa shape index (κ3) is 2.17. The van der Waals surface area contributed by atoms with Gasteiger partial charge in [0.15, 0.2) is 16.6 Å². The number of hydrogen-bond donors (Lipinski definition) is 0. The summed E-state index contributed by atoms with van der Waals surface area (Å²) in [5, 5.41) is 1.73. The van der Waals surface area contributed by atoms with E-state index in [2.05, 4.69) is 6.07 Å². The monoisotopic (exact) mass is 277 g/mol. The van der Waals surface area contributed by atoms with Gasteiger partial charge in [-0.15, -0.1) is 0 Å². The molecule has 4 heteroatoms. The van der Waals surface area contributed by atoms with Crippen LogP contribution in [0.1, 0.15) is 0 Å². The summed E-state index contributed by atoms with van der Waals surface area (Å²) < 4.78 is 11.1. The third-order valence-electron chi connectivity index (χ3n) is 2.44. The molecular weight excluding hydrogens is 271 g/mol. The van der Waals surface area contributed by atoms with Gasteiger partial charge in [0, 0.05) is 23.6 Å². The Kier molecular flexibility index (Phi) is 2.90. The average molecular weight is 278 g/mol. The van der Waals surface area contributed by atoms with Crippen LogP contribution in [-0.4, -0.2) is 0 Å². The van der Waals surface area contributed by atoms with E-state index in [-0.39, 0.29) is 0 Å². The molecule has 0 aliphatic carbocycles. The molecule has 0 amide bonds. The molecule has 0 aliphatic heterocycles. The van der Waals surface area contributed by atoms with Crippen LogP contribution in [0.2, 0.25) is 10.2 Å². The molecule has 0 aliphatic rings. The minimum atomic E-state index is 0.334. The number of halogens is 2. The second kappa shape index (κ2) is 4.56. The molecule has 18 heavy (non-hydrogen) atoms. The number of hydrogen-bond acceptors (Lipinski definition) is 2. The van der Waals surface area contributed by atoms with Crippen LogP contribution >= 0.6 is 23.2 Å². The van der Waals surface area contributed by atoms with Crippen molar-refractivity contribution in [1.82, 2.24) is 0 Å². The molecule has 1 heterocycles. The van der Waals surface area contributed by atoms with Crippen LogP contribution in [-0.2, 0) is 0 Å². The van der Waals surface area contributed by atoms with Gasteiger partial charge in [0.1, 0.15) is 5.75 Å². The first-order chi connectivity index (χ1) is 8.72. The summed E-state index contributed by atoms with van der Waals surface area (Å²) in [6.07, 6.45) is 0. The van der Waals surface area contributed by atoms with Crippen molar-refractivity contribution in [2.24, 2.45) is 0 Å². The van der Waals surface area contributed by atoms with Crippen molar-refractivity contribution in [3.05, 3.63) is 58.8 Å². The number of rotatable bonds is 2. The van der Waals surface area contributed by atoms with E-state index in [4.69, 9.17) is 32.4 Å². The van der Waals surface area contributed by atoms with Gasteiger partial charge in [0.25, 0.3) is 0 Å². The highest BCUT2D eigenvalue weighted by Gasteiger charge is 2.09. The van der Waals surface area contributed by atoms with Gasteiger partial charge in [-0.3, -0.25) is 0 Å². The summed E-state index contributed by atoms with van der Waals surface area (Å²) in [7, 11) is 0. The van der Waals surface area contributed by atoms with E-state index >= 15 is 0 Å². The molecule has 89 valence electrons. The van der Waals surface area contributed by atoms with E-state index in [1.54, 1.807) is 24.3 Å². The Hall–Kier alpha value is -1.64. The van der Waals surface area contributed by atoms with Crippen molar-refractivity contribution in [1.29, 1.82) is 0 Å². The summed E-state index contributed by atoms with van der Waals surface area (Å²) in [6, 6.07) is 15.3. The molecule has 1 radical (unpaired) electrons. The second-order valence-corrected chi connectivity index (χ2v) is 4.48. The summed E-state index contributed by atoms with van der Waals surface area (Å²) in [6.45, 7) is 0. The van der Waals surface area contributed by atoms with Crippen LogP contribution in [0.25, 0.3) is 11.0 Å². The zero-order valence-corrected chi connectivity index (χ0v) is 10.6. The van der Waals surface area contributed by atoms with Crippen LogP contribution in [0.15, 0.2) is 46.9 Å². The lowest BCUT2D eigenvalue weighted by Gasteiger charge is -2.05. The van der Waals surface area contributed by atoms with Gasteiger partial charge in [-0.05, 0) is 29.8 Å². The van der Waals surface area contributed by atoms with Gasteiger partial charge in [0.05, 0.1) is 5.02 Å². The zero-order valence-electron chi connectivity index (χ0n) is 9.11. The van der Waals surface area contributed by atoms with E-state index in [9.17, 15) is 0 Å². The van der Waals surface area contributed by atoms with Crippen LogP contribution in [0.3, 0.4) is 0 Å². The van der Waals surface area contributed by atoms with Crippen LogP contribution in [0.5, 0.6) is 11.5 Å². The highest BCUT2D eigenvalue weighted by atomic mass is 35.5. The number of fused-ring (bicyclic) bond motifs is 1. The SMILES string of the molecule is Clc1[c]ccc(Oc2cccc3cc(Cl)oc23)c1. The van der Waals surface area contributed by atoms with E-state index in [1.807, 2.05) is 18.2 Å². The highest BCUT2D eigenvalue weighted by molar-refractivity contribution is 6.30. The molecule has 0 unspecified atom stereocenters. The van der Waals surface area contributed by atoms with Crippen molar-refractivity contribution in [3.8, 4) is 11.5 Å². The largest absolute Gasteiger partial charge is 0.453 e.